The minimum atomic E-state index is 0.595. The maximum Gasteiger partial charge on any atom is 0.0998 e. The number of aromatic nitrogens is 3. The van der Waals surface area contributed by atoms with Crippen LogP contribution in [0.25, 0.3) is 93.6 Å². The summed E-state index contributed by atoms with van der Waals surface area (Å²) in [5.74, 6) is 0. The van der Waals surface area contributed by atoms with E-state index in [9.17, 15) is 10.5 Å². The Morgan fingerprint density at radius 2 is 0.891 bits per heavy atom. The quantitative estimate of drug-likeness (QED) is 0.184. The van der Waals surface area contributed by atoms with Crippen molar-refractivity contribution < 1.29 is 0 Å². The van der Waals surface area contributed by atoms with E-state index in [4.69, 9.17) is 0 Å². The second-order valence-corrected chi connectivity index (χ2v) is 14.0. The van der Waals surface area contributed by atoms with Gasteiger partial charge in [-0.3, -0.25) is 0 Å². The van der Waals surface area contributed by atoms with Crippen molar-refractivity contribution in [3.8, 4) is 40.3 Å². The number of fused-ring (bicyclic) bond motifs is 9. The molecule has 0 fully saturated rings. The largest absolute Gasteiger partial charge is 0.309 e. The lowest BCUT2D eigenvalue weighted by Crippen LogP contribution is -1.97. The molecule has 5 nitrogen and oxygen atoms in total. The fourth-order valence-corrected chi connectivity index (χ4v) is 8.77. The highest BCUT2D eigenvalue weighted by Crippen LogP contribution is 2.40. The Morgan fingerprint density at radius 1 is 0.364 bits per heavy atom. The van der Waals surface area contributed by atoms with E-state index in [1.165, 1.54) is 32.6 Å². The molecule has 0 N–H and O–H groups in total. The van der Waals surface area contributed by atoms with Crippen molar-refractivity contribution in [1.82, 2.24) is 13.7 Å². The normalized spacial score (nSPS) is 11.6. The fraction of sp³-hybridized carbons (Fsp3) is 0. The zero-order valence-electron chi connectivity index (χ0n) is 29.5. The highest BCUT2D eigenvalue weighted by Gasteiger charge is 2.20. The molecule has 0 aliphatic carbocycles. The SMILES string of the molecule is N#Cc1ccc2c(c1)c1ccccc1n2-c1ccc(-c2ccc(-n3c4ccccc4c4c(-n5c6ccccc6c6ccccc65)cccc43)cc2)c(C#N)c1. The molecule has 0 atom stereocenters. The maximum absolute atomic E-state index is 10.5. The molecule has 254 valence electrons. The van der Waals surface area contributed by atoms with Crippen LogP contribution in [0, 0.1) is 22.7 Å². The summed E-state index contributed by atoms with van der Waals surface area (Å²) < 4.78 is 6.93. The number of hydrogen-bond acceptors (Lipinski definition) is 2. The number of rotatable bonds is 4. The van der Waals surface area contributed by atoms with E-state index >= 15 is 0 Å². The van der Waals surface area contributed by atoms with Gasteiger partial charge >= 0.3 is 0 Å². The van der Waals surface area contributed by atoms with E-state index in [1.54, 1.807) is 0 Å². The molecule has 8 aromatic carbocycles. The Hall–Kier alpha value is -7.86. The summed E-state index contributed by atoms with van der Waals surface area (Å²) in [6, 6.07) is 65.9. The fourth-order valence-electron chi connectivity index (χ4n) is 8.77. The first-order valence-electron chi connectivity index (χ1n) is 18.3. The second-order valence-electron chi connectivity index (χ2n) is 14.0. The van der Waals surface area contributed by atoms with E-state index < -0.39 is 0 Å². The van der Waals surface area contributed by atoms with Crippen LogP contribution in [0.2, 0.25) is 0 Å². The average Bonchev–Trinajstić information content (AvgIpc) is 3.89. The number of hydrogen-bond donors (Lipinski definition) is 0. The molecule has 0 saturated carbocycles. The van der Waals surface area contributed by atoms with Crippen LogP contribution in [0.1, 0.15) is 11.1 Å². The topological polar surface area (TPSA) is 62.4 Å². The van der Waals surface area contributed by atoms with Crippen LogP contribution >= 0.6 is 0 Å². The van der Waals surface area contributed by atoms with Crippen molar-refractivity contribution in [1.29, 1.82) is 10.5 Å². The molecule has 55 heavy (non-hydrogen) atoms. The van der Waals surface area contributed by atoms with Crippen LogP contribution < -0.4 is 0 Å². The molecule has 0 unspecified atom stereocenters. The monoisotopic (exact) mass is 699 g/mol. The smallest absolute Gasteiger partial charge is 0.0998 e. The number of para-hydroxylation sites is 4. The van der Waals surface area contributed by atoms with Crippen molar-refractivity contribution in [2.24, 2.45) is 0 Å². The predicted octanol–water partition coefficient (Wildman–Crippen LogP) is 12.4. The van der Waals surface area contributed by atoms with Gasteiger partial charge in [0.15, 0.2) is 0 Å². The molecule has 0 amide bonds. The third-order valence-corrected chi connectivity index (χ3v) is 11.1. The van der Waals surface area contributed by atoms with Crippen molar-refractivity contribution in [2.75, 3.05) is 0 Å². The third kappa shape index (κ3) is 4.45. The van der Waals surface area contributed by atoms with Crippen molar-refractivity contribution in [2.45, 2.75) is 0 Å². The Balaban J connectivity index is 1.05. The molecule has 5 heteroatoms. The molecule has 0 aliphatic heterocycles. The zero-order chi connectivity index (χ0) is 36.6. The van der Waals surface area contributed by atoms with Gasteiger partial charge in [-0.15, -0.1) is 0 Å². The minimum Gasteiger partial charge on any atom is -0.309 e. The number of nitriles is 2. The molecule has 0 aliphatic rings. The summed E-state index contributed by atoms with van der Waals surface area (Å²) >= 11 is 0. The summed E-state index contributed by atoms with van der Waals surface area (Å²) in [5.41, 5.74) is 12.8. The van der Waals surface area contributed by atoms with Crippen LogP contribution in [-0.2, 0) is 0 Å². The van der Waals surface area contributed by atoms with Gasteiger partial charge in [-0.25, -0.2) is 0 Å². The lowest BCUT2D eigenvalue weighted by Gasteiger charge is -2.13. The molecule has 0 radical (unpaired) electrons. The summed E-state index contributed by atoms with van der Waals surface area (Å²) in [6.45, 7) is 0. The van der Waals surface area contributed by atoms with E-state index in [0.717, 1.165) is 61.0 Å². The van der Waals surface area contributed by atoms with Crippen LogP contribution in [0.4, 0.5) is 0 Å². The van der Waals surface area contributed by atoms with Crippen molar-refractivity contribution in [3.63, 3.8) is 0 Å². The van der Waals surface area contributed by atoms with Gasteiger partial charge in [0, 0.05) is 43.7 Å². The molecule has 3 heterocycles. The molecular weight excluding hydrogens is 671 g/mol. The molecule has 3 aromatic heterocycles. The Kier molecular flexibility index (Phi) is 6.61. The molecule has 0 bridgehead atoms. The van der Waals surface area contributed by atoms with Gasteiger partial charge in [0.05, 0.1) is 62.1 Å². The molecule has 11 rings (SSSR count). The van der Waals surface area contributed by atoms with Gasteiger partial charge < -0.3 is 13.7 Å². The summed E-state index contributed by atoms with van der Waals surface area (Å²) in [4.78, 5) is 0. The highest BCUT2D eigenvalue weighted by molar-refractivity contribution is 6.16. The lowest BCUT2D eigenvalue weighted by atomic mass is 9.99. The Morgan fingerprint density at radius 3 is 1.55 bits per heavy atom. The van der Waals surface area contributed by atoms with Crippen molar-refractivity contribution in [3.05, 3.63) is 187 Å². The van der Waals surface area contributed by atoms with E-state index in [1.807, 2.05) is 42.5 Å². The molecule has 0 spiro atoms. The average molecular weight is 700 g/mol. The third-order valence-electron chi connectivity index (χ3n) is 11.1. The molecular formula is C50H29N5. The van der Waals surface area contributed by atoms with Crippen LogP contribution in [0.5, 0.6) is 0 Å². The first kappa shape index (κ1) is 30.7. The van der Waals surface area contributed by atoms with Crippen LogP contribution in [0.3, 0.4) is 0 Å². The van der Waals surface area contributed by atoms with Gasteiger partial charge in [0.1, 0.15) is 0 Å². The maximum atomic E-state index is 10.5. The van der Waals surface area contributed by atoms with Crippen LogP contribution in [0.15, 0.2) is 176 Å². The van der Waals surface area contributed by atoms with E-state index in [-0.39, 0.29) is 0 Å². The predicted molar refractivity (Wildman–Crippen MR) is 224 cm³/mol. The van der Waals surface area contributed by atoms with Gasteiger partial charge in [-0.05, 0) is 90.0 Å². The van der Waals surface area contributed by atoms with E-state index in [0.29, 0.717) is 11.1 Å². The van der Waals surface area contributed by atoms with Gasteiger partial charge in [0.2, 0.25) is 0 Å². The van der Waals surface area contributed by atoms with Gasteiger partial charge in [-0.2, -0.15) is 10.5 Å². The summed E-state index contributed by atoms with van der Waals surface area (Å²) in [5, 5.41) is 27.0. The molecule has 0 saturated heterocycles. The first-order chi connectivity index (χ1) is 27.2. The summed E-state index contributed by atoms with van der Waals surface area (Å²) in [6.07, 6.45) is 0. The Labute approximate surface area is 316 Å². The van der Waals surface area contributed by atoms with E-state index in [2.05, 4.69) is 159 Å². The van der Waals surface area contributed by atoms with Crippen LogP contribution in [-0.4, -0.2) is 13.7 Å². The standard InChI is InChI=1S/C50H29N5/c51-30-32-20-27-47-42(28-32)40-12-3-5-14-43(40)54(47)36-25-26-37(34(29-36)31-52)33-21-23-35(24-22-33)53-46-17-8-4-13-41(46)50-48(53)18-9-19-49(50)55-44-15-6-1-10-38(44)39-11-2-7-16-45(39)55/h1-29H. The van der Waals surface area contributed by atoms with Gasteiger partial charge in [-0.1, -0.05) is 97.1 Å². The molecule has 11 aromatic rings. The Bertz CT molecular complexity index is 3400. The number of nitrogens with zero attached hydrogens (tertiary/aromatic N) is 5. The first-order valence-corrected chi connectivity index (χ1v) is 18.3. The zero-order valence-corrected chi connectivity index (χ0v) is 29.5. The minimum absolute atomic E-state index is 0.595. The summed E-state index contributed by atoms with van der Waals surface area (Å²) in [7, 11) is 0. The van der Waals surface area contributed by atoms with Crippen molar-refractivity contribution >= 4 is 65.4 Å². The number of benzene rings is 8. The highest BCUT2D eigenvalue weighted by atomic mass is 15.0. The lowest BCUT2D eigenvalue weighted by molar-refractivity contribution is 1.17. The second kappa shape index (κ2) is 11.8. The van der Waals surface area contributed by atoms with Gasteiger partial charge in [0.25, 0.3) is 0 Å².